The third-order valence-corrected chi connectivity index (χ3v) is 4.65. The van der Waals surface area contributed by atoms with Crippen LogP contribution in [0.5, 0.6) is 0 Å². The molecule has 1 aromatic carbocycles. The van der Waals surface area contributed by atoms with Gasteiger partial charge in [-0.2, -0.15) is 0 Å². The molecule has 0 saturated heterocycles. The maximum atomic E-state index is 12.1. The summed E-state index contributed by atoms with van der Waals surface area (Å²) < 4.78 is 7.28. The van der Waals surface area contributed by atoms with Crippen LogP contribution in [0.15, 0.2) is 71.0 Å². The first-order chi connectivity index (χ1) is 12.8. The normalized spacial score (nSPS) is 10.6. The lowest BCUT2D eigenvalue weighted by Crippen LogP contribution is -2.27. The van der Waals surface area contributed by atoms with Gasteiger partial charge in [0.1, 0.15) is 0 Å². The van der Waals surface area contributed by atoms with Crippen molar-refractivity contribution in [1.29, 1.82) is 0 Å². The zero-order valence-electron chi connectivity index (χ0n) is 14.3. The van der Waals surface area contributed by atoms with Crippen molar-refractivity contribution >= 4 is 17.7 Å². The van der Waals surface area contributed by atoms with Crippen molar-refractivity contribution in [3.63, 3.8) is 0 Å². The molecule has 0 unspecified atom stereocenters. The second-order valence-electron chi connectivity index (χ2n) is 5.56. The van der Waals surface area contributed by atoms with Crippen LogP contribution < -0.4 is 5.32 Å². The fourth-order valence-electron chi connectivity index (χ4n) is 2.45. The molecule has 0 spiro atoms. The van der Waals surface area contributed by atoms with Crippen LogP contribution in [-0.4, -0.2) is 33.0 Å². The number of rotatable bonds is 9. The number of benzene rings is 1. The third kappa shape index (κ3) is 4.64. The highest BCUT2D eigenvalue weighted by molar-refractivity contribution is 7.99. The molecule has 134 valence electrons. The Morgan fingerprint density at radius 3 is 2.81 bits per heavy atom. The molecule has 0 atom stereocenters. The first-order valence-electron chi connectivity index (χ1n) is 8.29. The molecule has 2 aromatic heterocycles. The van der Waals surface area contributed by atoms with Crippen LogP contribution in [0.25, 0.3) is 11.6 Å². The van der Waals surface area contributed by atoms with E-state index in [1.165, 1.54) is 17.3 Å². The Morgan fingerprint density at radius 1 is 1.23 bits per heavy atom. The molecule has 0 aliphatic rings. The van der Waals surface area contributed by atoms with Crippen LogP contribution >= 0.6 is 11.8 Å². The highest BCUT2D eigenvalue weighted by atomic mass is 32.2. The van der Waals surface area contributed by atoms with Crippen molar-refractivity contribution in [1.82, 2.24) is 20.1 Å². The fourth-order valence-corrected chi connectivity index (χ4v) is 3.23. The summed E-state index contributed by atoms with van der Waals surface area (Å²) in [6.07, 6.45) is 4.17. The molecule has 7 heteroatoms. The molecule has 26 heavy (non-hydrogen) atoms. The Hall–Kier alpha value is -2.80. The summed E-state index contributed by atoms with van der Waals surface area (Å²) in [5.41, 5.74) is 1.20. The number of carbonyl (C=O) groups excluding carboxylic acids is 1. The molecule has 3 aromatic rings. The van der Waals surface area contributed by atoms with Gasteiger partial charge in [-0.25, -0.2) is 0 Å². The number of hydrogen-bond donors (Lipinski definition) is 1. The third-order valence-electron chi connectivity index (χ3n) is 3.68. The number of thioether (sulfide) groups is 1. The van der Waals surface area contributed by atoms with Crippen LogP contribution in [0.3, 0.4) is 0 Å². The summed E-state index contributed by atoms with van der Waals surface area (Å²) in [7, 11) is 0. The predicted octanol–water partition coefficient (Wildman–Crippen LogP) is 3.18. The molecule has 0 saturated carbocycles. The van der Waals surface area contributed by atoms with E-state index in [-0.39, 0.29) is 11.7 Å². The minimum absolute atomic E-state index is 0.0290. The molecule has 0 radical (unpaired) electrons. The van der Waals surface area contributed by atoms with Gasteiger partial charge in [0.05, 0.1) is 12.0 Å². The van der Waals surface area contributed by atoms with E-state index in [1.54, 1.807) is 18.4 Å². The number of amides is 1. The number of allylic oxidation sites excluding steroid dienone is 1. The second-order valence-corrected chi connectivity index (χ2v) is 6.50. The van der Waals surface area contributed by atoms with E-state index in [2.05, 4.69) is 34.2 Å². The molecule has 0 fully saturated rings. The van der Waals surface area contributed by atoms with E-state index in [0.29, 0.717) is 29.8 Å². The van der Waals surface area contributed by atoms with Crippen molar-refractivity contribution in [3.05, 3.63) is 66.9 Å². The number of hydrogen-bond acceptors (Lipinski definition) is 5. The standard InChI is InChI=1S/C19H20N4O2S/c1-2-12-23-18(16-9-6-13-25-16)21-22-19(23)26-14-17(24)20-11-10-15-7-4-3-5-8-15/h2-9,13H,1,10-12,14H2,(H,20,24). The highest BCUT2D eigenvalue weighted by Gasteiger charge is 2.16. The number of nitrogens with zero attached hydrogens (tertiary/aromatic N) is 3. The van der Waals surface area contributed by atoms with E-state index in [4.69, 9.17) is 4.42 Å². The quantitative estimate of drug-likeness (QED) is 0.464. The van der Waals surface area contributed by atoms with Gasteiger partial charge in [-0.15, -0.1) is 16.8 Å². The van der Waals surface area contributed by atoms with Crippen molar-refractivity contribution in [2.45, 2.75) is 18.1 Å². The number of furan rings is 1. The molecule has 0 aliphatic heterocycles. The summed E-state index contributed by atoms with van der Waals surface area (Å²) in [6, 6.07) is 13.7. The Kier molecular flexibility index (Phi) is 6.27. The van der Waals surface area contributed by atoms with Crippen molar-refractivity contribution in [2.75, 3.05) is 12.3 Å². The van der Waals surface area contributed by atoms with Crippen LogP contribution in [0.4, 0.5) is 0 Å². The lowest BCUT2D eigenvalue weighted by atomic mass is 10.1. The first kappa shape index (κ1) is 18.0. The topological polar surface area (TPSA) is 73.0 Å². The van der Waals surface area contributed by atoms with Crippen molar-refractivity contribution < 1.29 is 9.21 Å². The molecule has 0 aliphatic carbocycles. The summed E-state index contributed by atoms with van der Waals surface area (Å²) >= 11 is 1.35. The van der Waals surface area contributed by atoms with Gasteiger partial charge in [0.2, 0.25) is 11.7 Å². The SMILES string of the molecule is C=CCn1c(SCC(=O)NCCc2ccccc2)nnc1-c1ccco1. The molecule has 6 nitrogen and oxygen atoms in total. The average molecular weight is 368 g/mol. The molecule has 1 amide bonds. The Morgan fingerprint density at radius 2 is 2.08 bits per heavy atom. The highest BCUT2D eigenvalue weighted by Crippen LogP contribution is 2.24. The van der Waals surface area contributed by atoms with Crippen molar-refractivity contribution in [3.8, 4) is 11.6 Å². The number of carbonyl (C=O) groups is 1. The van der Waals surface area contributed by atoms with E-state index in [0.717, 1.165) is 6.42 Å². The lowest BCUT2D eigenvalue weighted by Gasteiger charge is -2.07. The molecular weight excluding hydrogens is 348 g/mol. The van der Waals surface area contributed by atoms with Gasteiger partial charge in [-0.3, -0.25) is 9.36 Å². The van der Waals surface area contributed by atoms with Gasteiger partial charge in [-0.1, -0.05) is 48.2 Å². The van der Waals surface area contributed by atoms with Gasteiger partial charge in [0, 0.05) is 13.1 Å². The summed E-state index contributed by atoms with van der Waals surface area (Å²) in [6.45, 7) is 4.92. The minimum Gasteiger partial charge on any atom is -0.461 e. The van der Waals surface area contributed by atoms with Crippen LogP contribution in [0, 0.1) is 0 Å². The molecule has 3 rings (SSSR count). The van der Waals surface area contributed by atoms with E-state index in [9.17, 15) is 4.79 Å². The molecule has 1 N–H and O–H groups in total. The summed E-state index contributed by atoms with van der Waals surface area (Å²) in [4.78, 5) is 12.1. The van der Waals surface area contributed by atoms with E-state index in [1.807, 2.05) is 28.8 Å². The van der Waals surface area contributed by atoms with Gasteiger partial charge in [-0.05, 0) is 24.1 Å². The van der Waals surface area contributed by atoms with Gasteiger partial charge in [0.15, 0.2) is 10.9 Å². The lowest BCUT2D eigenvalue weighted by molar-refractivity contribution is -0.118. The summed E-state index contributed by atoms with van der Waals surface area (Å²) in [5.74, 6) is 1.52. The molecule has 0 bridgehead atoms. The average Bonchev–Trinajstić information content (AvgIpc) is 3.31. The van der Waals surface area contributed by atoms with Gasteiger partial charge >= 0.3 is 0 Å². The van der Waals surface area contributed by atoms with Gasteiger partial charge < -0.3 is 9.73 Å². The molecular formula is C19H20N4O2S. The van der Waals surface area contributed by atoms with Crippen LogP contribution in [-0.2, 0) is 17.8 Å². The zero-order chi connectivity index (χ0) is 18.2. The predicted molar refractivity (Wildman–Crippen MR) is 102 cm³/mol. The number of aromatic nitrogens is 3. The molecule has 2 heterocycles. The minimum atomic E-state index is -0.0290. The summed E-state index contributed by atoms with van der Waals surface area (Å²) in [5, 5.41) is 11.9. The Bertz CT molecular complexity index is 844. The Labute approximate surface area is 156 Å². The monoisotopic (exact) mass is 368 g/mol. The number of nitrogens with one attached hydrogen (secondary N) is 1. The van der Waals surface area contributed by atoms with E-state index < -0.39 is 0 Å². The fraction of sp³-hybridized carbons (Fsp3) is 0.211. The van der Waals surface area contributed by atoms with E-state index >= 15 is 0 Å². The smallest absolute Gasteiger partial charge is 0.230 e. The maximum absolute atomic E-state index is 12.1. The maximum Gasteiger partial charge on any atom is 0.230 e. The van der Waals surface area contributed by atoms with Crippen LogP contribution in [0.1, 0.15) is 5.56 Å². The Balaban J connectivity index is 1.54. The largest absolute Gasteiger partial charge is 0.461 e. The van der Waals surface area contributed by atoms with Crippen molar-refractivity contribution in [2.24, 2.45) is 0 Å². The second kappa shape index (κ2) is 9.05. The first-order valence-corrected chi connectivity index (χ1v) is 9.28. The zero-order valence-corrected chi connectivity index (χ0v) is 15.1. The van der Waals surface area contributed by atoms with Crippen LogP contribution in [0.2, 0.25) is 0 Å². The van der Waals surface area contributed by atoms with Gasteiger partial charge in [0.25, 0.3) is 0 Å².